The summed E-state index contributed by atoms with van der Waals surface area (Å²) in [4.78, 5) is 0. The van der Waals surface area contributed by atoms with Gasteiger partial charge in [-0.2, -0.15) is 0 Å². The minimum absolute atomic E-state index is 0.189. The van der Waals surface area contributed by atoms with Gasteiger partial charge in [-0.1, -0.05) is 13.0 Å². The smallest absolute Gasteiger partial charge is 0.165 e. The molecule has 17 heavy (non-hydrogen) atoms. The molecule has 0 aliphatic heterocycles. The van der Waals surface area contributed by atoms with Crippen LogP contribution in [0.2, 0.25) is 0 Å². The van der Waals surface area contributed by atoms with Crippen LogP contribution in [0.15, 0.2) is 18.2 Å². The van der Waals surface area contributed by atoms with E-state index in [9.17, 15) is 9.50 Å². The molecular formula is C13H19FO3. The van der Waals surface area contributed by atoms with Crippen molar-refractivity contribution in [2.45, 2.75) is 26.4 Å². The fourth-order valence-electron chi connectivity index (χ4n) is 1.35. The second kappa shape index (κ2) is 7.25. The highest BCUT2D eigenvalue weighted by molar-refractivity contribution is 5.30. The Kier molecular flexibility index (Phi) is 5.94. The number of halogens is 1. The molecule has 1 N–H and O–H groups in total. The van der Waals surface area contributed by atoms with Crippen molar-refractivity contribution < 1.29 is 19.0 Å². The first-order valence-corrected chi connectivity index (χ1v) is 5.83. The van der Waals surface area contributed by atoms with Crippen LogP contribution in [0.25, 0.3) is 0 Å². The largest absolute Gasteiger partial charge is 0.488 e. The van der Waals surface area contributed by atoms with Gasteiger partial charge in [0.1, 0.15) is 6.61 Å². The normalized spacial score (nSPS) is 12.5. The molecule has 1 aromatic carbocycles. The molecule has 96 valence electrons. The SMILES string of the molecule is CCCOCCOc1ccc(C(C)O)cc1F. The summed E-state index contributed by atoms with van der Waals surface area (Å²) in [6.45, 7) is 5.08. The number of benzene rings is 1. The molecule has 0 saturated heterocycles. The molecule has 0 heterocycles. The topological polar surface area (TPSA) is 38.7 Å². The minimum Gasteiger partial charge on any atom is -0.488 e. The van der Waals surface area contributed by atoms with Crippen LogP contribution in [0.5, 0.6) is 5.75 Å². The van der Waals surface area contributed by atoms with Gasteiger partial charge in [-0.25, -0.2) is 4.39 Å². The molecule has 0 aliphatic rings. The Morgan fingerprint density at radius 2 is 2.06 bits per heavy atom. The molecule has 1 aromatic rings. The van der Waals surface area contributed by atoms with Gasteiger partial charge >= 0.3 is 0 Å². The Morgan fingerprint density at radius 1 is 1.29 bits per heavy atom. The van der Waals surface area contributed by atoms with Crippen molar-refractivity contribution >= 4 is 0 Å². The van der Waals surface area contributed by atoms with Crippen LogP contribution in [-0.2, 0) is 4.74 Å². The summed E-state index contributed by atoms with van der Waals surface area (Å²) >= 11 is 0. The van der Waals surface area contributed by atoms with Gasteiger partial charge in [0.05, 0.1) is 12.7 Å². The lowest BCUT2D eigenvalue weighted by atomic mass is 10.1. The quantitative estimate of drug-likeness (QED) is 0.747. The van der Waals surface area contributed by atoms with Crippen molar-refractivity contribution in [3.05, 3.63) is 29.6 Å². The van der Waals surface area contributed by atoms with Gasteiger partial charge in [-0.3, -0.25) is 0 Å². The van der Waals surface area contributed by atoms with Crippen LogP contribution in [0, 0.1) is 5.82 Å². The molecule has 0 spiro atoms. The third-order valence-electron chi connectivity index (χ3n) is 2.27. The predicted octanol–water partition coefficient (Wildman–Crippen LogP) is 2.68. The van der Waals surface area contributed by atoms with E-state index in [1.54, 1.807) is 13.0 Å². The van der Waals surface area contributed by atoms with Crippen LogP contribution in [-0.4, -0.2) is 24.9 Å². The number of hydrogen-bond acceptors (Lipinski definition) is 3. The summed E-state index contributed by atoms with van der Waals surface area (Å²) in [6, 6.07) is 4.46. The van der Waals surface area contributed by atoms with E-state index in [1.165, 1.54) is 12.1 Å². The first-order chi connectivity index (χ1) is 8.15. The first-order valence-electron chi connectivity index (χ1n) is 5.83. The van der Waals surface area contributed by atoms with E-state index >= 15 is 0 Å². The monoisotopic (exact) mass is 242 g/mol. The molecule has 0 aliphatic carbocycles. The number of hydrogen-bond donors (Lipinski definition) is 1. The molecule has 0 bridgehead atoms. The summed E-state index contributed by atoms with van der Waals surface area (Å²) in [6.07, 6.45) is 0.281. The van der Waals surface area contributed by atoms with Gasteiger partial charge in [-0.05, 0) is 31.0 Å². The van der Waals surface area contributed by atoms with Crippen LogP contribution >= 0.6 is 0 Å². The maximum absolute atomic E-state index is 13.5. The van der Waals surface area contributed by atoms with E-state index in [0.29, 0.717) is 25.4 Å². The lowest BCUT2D eigenvalue weighted by Gasteiger charge is -2.10. The van der Waals surface area contributed by atoms with Crippen molar-refractivity contribution in [2.24, 2.45) is 0 Å². The third kappa shape index (κ3) is 4.71. The summed E-state index contributed by atoms with van der Waals surface area (Å²) in [7, 11) is 0. The maximum atomic E-state index is 13.5. The highest BCUT2D eigenvalue weighted by atomic mass is 19.1. The first kappa shape index (κ1) is 13.9. The lowest BCUT2D eigenvalue weighted by molar-refractivity contribution is 0.0991. The molecule has 0 saturated carbocycles. The van der Waals surface area contributed by atoms with Crippen LogP contribution in [0.1, 0.15) is 31.9 Å². The molecule has 0 fully saturated rings. The fourth-order valence-corrected chi connectivity index (χ4v) is 1.35. The lowest BCUT2D eigenvalue weighted by Crippen LogP contribution is -2.08. The van der Waals surface area contributed by atoms with Gasteiger partial charge in [-0.15, -0.1) is 0 Å². The van der Waals surface area contributed by atoms with Crippen LogP contribution in [0.3, 0.4) is 0 Å². The Bertz CT molecular complexity index is 339. The molecule has 1 rings (SSSR count). The average Bonchev–Trinajstić information content (AvgIpc) is 2.30. The van der Waals surface area contributed by atoms with Crippen molar-refractivity contribution in [3.8, 4) is 5.75 Å². The summed E-state index contributed by atoms with van der Waals surface area (Å²) in [5.41, 5.74) is 0.539. The number of rotatable bonds is 7. The van der Waals surface area contributed by atoms with Gasteiger partial charge in [0.25, 0.3) is 0 Å². The van der Waals surface area contributed by atoms with Crippen LogP contribution < -0.4 is 4.74 Å². The summed E-state index contributed by atoms with van der Waals surface area (Å²) in [5.74, 6) is -0.270. The Balaban J connectivity index is 2.43. The van der Waals surface area contributed by atoms with Crippen molar-refractivity contribution in [2.75, 3.05) is 19.8 Å². The van der Waals surface area contributed by atoms with Gasteiger partial charge in [0.2, 0.25) is 0 Å². The van der Waals surface area contributed by atoms with Crippen LogP contribution in [0.4, 0.5) is 4.39 Å². The molecule has 1 unspecified atom stereocenters. The van der Waals surface area contributed by atoms with Gasteiger partial charge in [0, 0.05) is 6.61 Å². The molecule has 1 atom stereocenters. The zero-order chi connectivity index (χ0) is 12.7. The molecule has 3 nitrogen and oxygen atoms in total. The van der Waals surface area contributed by atoms with E-state index in [2.05, 4.69) is 0 Å². The zero-order valence-electron chi connectivity index (χ0n) is 10.3. The van der Waals surface area contributed by atoms with E-state index < -0.39 is 11.9 Å². The van der Waals surface area contributed by atoms with Gasteiger partial charge < -0.3 is 14.6 Å². The zero-order valence-corrected chi connectivity index (χ0v) is 10.3. The highest BCUT2D eigenvalue weighted by Crippen LogP contribution is 2.21. The number of ether oxygens (including phenoxy) is 2. The third-order valence-corrected chi connectivity index (χ3v) is 2.27. The molecule has 4 heteroatoms. The number of aliphatic hydroxyl groups is 1. The van der Waals surface area contributed by atoms with E-state index in [1.807, 2.05) is 6.92 Å². The van der Waals surface area contributed by atoms with Crippen molar-refractivity contribution in [3.63, 3.8) is 0 Å². The molecule has 0 radical (unpaired) electrons. The molecule has 0 amide bonds. The van der Waals surface area contributed by atoms with E-state index in [4.69, 9.17) is 9.47 Å². The maximum Gasteiger partial charge on any atom is 0.165 e. The Morgan fingerprint density at radius 3 is 2.65 bits per heavy atom. The second-order valence-electron chi connectivity index (χ2n) is 3.83. The predicted molar refractivity (Wildman–Crippen MR) is 63.6 cm³/mol. The Labute approximate surface area is 101 Å². The van der Waals surface area contributed by atoms with E-state index in [-0.39, 0.29) is 5.75 Å². The minimum atomic E-state index is -0.675. The van der Waals surface area contributed by atoms with E-state index in [0.717, 1.165) is 6.42 Å². The summed E-state index contributed by atoms with van der Waals surface area (Å²) in [5, 5.41) is 9.28. The van der Waals surface area contributed by atoms with Crippen molar-refractivity contribution in [1.82, 2.24) is 0 Å². The van der Waals surface area contributed by atoms with Gasteiger partial charge in [0.15, 0.2) is 11.6 Å². The summed E-state index contributed by atoms with van der Waals surface area (Å²) < 4.78 is 24.0. The highest BCUT2D eigenvalue weighted by Gasteiger charge is 2.07. The second-order valence-corrected chi connectivity index (χ2v) is 3.83. The number of aliphatic hydroxyl groups excluding tert-OH is 1. The Hall–Kier alpha value is -1.13. The van der Waals surface area contributed by atoms with Crippen molar-refractivity contribution in [1.29, 1.82) is 0 Å². The fraction of sp³-hybridized carbons (Fsp3) is 0.538. The molecular weight excluding hydrogens is 223 g/mol. The standard InChI is InChI=1S/C13H19FO3/c1-3-6-16-7-8-17-13-5-4-11(10(2)15)9-12(13)14/h4-5,9-10,15H,3,6-8H2,1-2H3. The average molecular weight is 242 g/mol. The molecule has 0 aromatic heterocycles.